The van der Waals surface area contributed by atoms with Crippen molar-refractivity contribution < 1.29 is 28.9 Å². The van der Waals surface area contributed by atoms with Crippen molar-refractivity contribution in [2.24, 2.45) is 0 Å². The number of allylic oxidation sites excluding steroid dienone is 1. The third-order valence-corrected chi connectivity index (χ3v) is 3.34. The maximum atomic E-state index is 12.2. The maximum Gasteiger partial charge on any atom is 0.185 e. The van der Waals surface area contributed by atoms with Gasteiger partial charge in [-0.25, -0.2) is 0 Å². The Kier molecular flexibility index (Phi) is 6.17. The number of carboxylic acids is 1. The van der Waals surface area contributed by atoms with Gasteiger partial charge in [0.25, 0.3) is 0 Å². The van der Waals surface area contributed by atoms with Gasteiger partial charge in [-0.15, -0.1) is 0 Å². The van der Waals surface area contributed by atoms with Crippen molar-refractivity contribution in [3.8, 4) is 17.2 Å². The van der Waals surface area contributed by atoms with Crippen LogP contribution in [-0.2, 0) is 4.79 Å². The van der Waals surface area contributed by atoms with Gasteiger partial charge in [0.1, 0.15) is 12.4 Å². The first-order valence-corrected chi connectivity index (χ1v) is 7.41. The van der Waals surface area contributed by atoms with Gasteiger partial charge in [0.15, 0.2) is 17.3 Å². The van der Waals surface area contributed by atoms with E-state index in [-0.39, 0.29) is 5.78 Å². The highest BCUT2D eigenvalue weighted by molar-refractivity contribution is 6.07. The summed E-state index contributed by atoms with van der Waals surface area (Å²) in [6.07, 6.45) is 3.07. The second-order valence-electron chi connectivity index (χ2n) is 4.97. The molecule has 0 heterocycles. The van der Waals surface area contributed by atoms with E-state index < -0.39 is 12.6 Å². The standard InChI is InChI=1S/C19H18O6/c1-23-17-5-3-4-14(19(17)24-2)8-11-16(20)13-6-9-15(10-7-13)25-12-18(21)22/h3-11H,12H2,1-2H3,(H,21,22)/p-1/b11-8+. The lowest BCUT2D eigenvalue weighted by atomic mass is 10.1. The number of carbonyl (C=O) groups excluding carboxylic acids is 2. The van der Waals surface area contributed by atoms with Crippen molar-refractivity contribution in [1.29, 1.82) is 0 Å². The van der Waals surface area contributed by atoms with Gasteiger partial charge >= 0.3 is 0 Å². The van der Waals surface area contributed by atoms with E-state index in [9.17, 15) is 14.7 Å². The van der Waals surface area contributed by atoms with Crippen molar-refractivity contribution in [3.63, 3.8) is 0 Å². The molecular weight excluding hydrogens is 324 g/mol. The van der Waals surface area contributed by atoms with E-state index in [2.05, 4.69) is 0 Å². The van der Waals surface area contributed by atoms with Crippen LogP contribution in [0.15, 0.2) is 48.5 Å². The van der Waals surface area contributed by atoms with Gasteiger partial charge in [0.2, 0.25) is 0 Å². The molecule has 6 nitrogen and oxygen atoms in total. The Hall–Kier alpha value is -3.28. The van der Waals surface area contributed by atoms with E-state index >= 15 is 0 Å². The average Bonchev–Trinajstić information content (AvgIpc) is 2.64. The number of ketones is 1. The van der Waals surface area contributed by atoms with Crippen LogP contribution in [0, 0.1) is 0 Å². The molecule has 0 N–H and O–H groups in total. The predicted octanol–water partition coefficient (Wildman–Crippen LogP) is 1.73. The Balaban J connectivity index is 2.11. The van der Waals surface area contributed by atoms with Crippen LogP contribution < -0.4 is 19.3 Å². The van der Waals surface area contributed by atoms with Crippen LogP contribution in [0.5, 0.6) is 17.2 Å². The molecule has 0 unspecified atom stereocenters. The van der Waals surface area contributed by atoms with Crippen LogP contribution in [0.1, 0.15) is 15.9 Å². The SMILES string of the molecule is COc1cccc(/C=C/C(=O)c2ccc(OCC(=O)[O-])cc2)c1OC. The molecule has 2 rings (SSSR count). The molecule has 25 heavy (non-hydrogen) atoms. The Bertz CT molecular complexity index is 777. The highest BCUT2D eigenvalue weighted by Gasteiger charge is 2.08. The number of aliphatic carboxylic acids is 1. The van der Waals surface area contributed by atoms with Crippen molar-refractivity contribution in [1.82, 2.24) is 0 Å². The van der Waals surface area contributed by atoms with E-state index in [0.29, 0.717) is 28.4 Å². The van der Waals surface area contributed by atoms with Gasteiger partial charge in [0.05, 0.1) is 20.2 Å². The minimum Gasteiger partial charge on any atom is -0.546 e. The summed E-state index contributed by atoms with van der Waals surface area (Å²) < 4.78 is 15.5. The number of ether oxygens (including phenoxy) is 3. The first-order chi connectivity index (χ1) is 12.0. The molecule has 0 aliphatic carbocycles. The minimum absolute atomic E-state index is 0.212. The van der Waals surface area contributed by atoms with Gasteiger partial charge in [-0.05, 0) is 42.5 Å². The fourth-order valence-electron chi connectivity index (χ4n) is 2.16. The number of methoxy groups -OCH3 is 2. The van der Waals surface area contributed by atoms with Gasteiger partial charge in [-0.3, -0.25) is 4.79 Å². The van der Waals surface area contributed by atoms with Crippen LogP contribution in [0.25, 0.3) is 6.08 Å². The summed E-state index contributed by atoms with van der Waals surface area (Å²) in [5, 5.41) is 10.3. The van der Waals surface area contributed by atoms with Gasteiger partial charge in [0, 0.05) is 11.1 Å². The smallest absolute Gasteiger partial charge is 0.185 e. The zero-order valence-corrected chi connectivity index (χ0v) is 13.9. The fourth-order valence-corrected chi connectivity index (χ4v) is 2.16. The molecule has 0 atom stereocenters. The number of hydrogen-bond acceptors (Lipinski definition) is 6. The maximum absolute atomic E-state index is 12.2. The highest BCUT2D eigenvalue weighted by Crippen LogP contribution is 2.31. The van der Waals surface area contributed by atoms with E-state index in [1.165, 1.54) is 25.3 Å². The molecule has 2 aromatic rings. The van der Waals surface area contributed by atoms with Crippen LogP contribution in [-0.4, -0.2) is 32.6 Å². The van der Waals surface area contributed by atoms with Crippen LogP contribution in [0.3, 0.4) is 0 Å². The number of hydrogen-bond donors (Lipinski definition) is 0. The molecule has 6 heteroatoms. The summed E-state index contributed by atoms with van der Waals surface area (Å²) in [6.45, 7) is -0.539. The van der Waals surface area contributed by atoms with Crippen LogP contribution in [0.2, 0.25) is 0 Å². The van der Waals surface area contributed by atoms with Crippen LogP contribution >= 0.6 is 0 Å². The lowest BCUT2D eigenvalue weighted by Crippen LogP contribution is -2.28. The van der Waals surface area contributed by atoms with Gasteiger partial charge in [-0.2, -0.15) is 0 Å². The Labute approximate surface area is 145 Å². The number of benzene rings is 2. The van der Waals surface area contributed by atoms with E-state index in [0.717, 1.165) is 0 Å². The van der Waals surface area contributed by atoms with E-state index in [4.69, 9.17) is 14.2 Å². The predicted molar refractivity (Wildman–Crippen MR) is 89.9 cm³/mol. The molecule has 0 saturated heterocycles. The molecule has 0 aromatic heterocycles. The van der Waals surface area contributed by atoms with Gasteiger partial charge < -0.3 is 24.1 Å². The molecule has 130 valence electrons. The summed E-state index contributed by atoms with van der Waals surface area (Å²) in [7, 11) is 3.07. The number of rotatable bonds is 8. The summed E-state index contributed by atoms with van der Waals surface area (Å²) in [5.41, 5.74) is 1.16. The van der Waals surface area contributed by atoms with Gasteiger partial charge in [-0.1, -0.05) is 12.1 Å². The molecule has 0 fully saturated rings. The third kappa shape index (κ3) is 4.84. The summed E-state index contributed by atoms with van der Waals surface area (Å²) >= 11 is 0. The van der Waals surface area contributed by atoms with Crippen molar-refractivity contribution in [2.75, 3.05) is 20.8 Å². The average molecular weight is 341 g/mol. The molecule has 0 saturated carbocycles. The van der Waals surface area contributed by atoms with E-state index in [1.807, 2.05) is 6.07 Å². The lowest BCUT2D eigenvalue weighted by molar-refractivity contribution is -0.307. The zero-order valence-electron chi connectivity index (χ0n) is 13.9. The molecule has 0 radical (unpaired) electrons. The highest BCUT2D eigenvalue weighted by atomic mass is 16.5. The zero-order chi connectivity index (χ0) is 18.2. The first kappa shape index (κ1) is 18.1. The molecule has 0 amide bonds. The fraction of sp³-hybridized carbons (Fsp3) is 0.158. The topological polar surface area (TPSA) is 84.9 Å². The normalized spacial score (nSPS) is 10.5. The lowest BCUT2D eigenvalue weighted by Gasteiger charge is -2.09. The Morgan fingerprint density at radius 2 is 1.76 bits per heavy atom. The summed E-state index contributed by atoms with van der Waals surface area (Å²) in [5.74, 6) is -0.0579. The number of carboxylic acid groups (broad SMARTS) is 1. The number of para-hydroxylation sites is 1. The molecule has 0 bridgehead atoms. The summed E-state index contributed by atoms with van der Waals surface area (Å²) in [4.78, 5) is 22.6. The molecular formula is C19H17O6-. The number of carbonyl (C=O) groups is 2. The quantitative estimate of drug-likeness (QED) is 0.537. The molecule has 2 aromatic carbocycles. The Morgan fingerprint density at radius 3 is 2.36 bits per heavy atom. The van der Waals surface area contributed by atoms with Crippen molar-refractivity contribution >= 4 is 17.8 Å². The molecule has 0 spiro atoms. The van der Waals surface area contributed by atoms with Crippen LogP contribution in [0.4, 0.5) is 0 Å². The third-order valence-electron chi connectivity index (χ3n) is 3.34. The monoisotopic (exact) mass is 341 g/mol. The second kappa shape index (κ2) is 8.54. The second-order valence-corrected chi connectivity index (χ2v) is 4.97. The van der Waals surface area contributed by atoms with Crippen molar-refractivity contribution in [2.45, 2.75) is 0 Å². The largest absolute Gasteiger partial charge is 0.546 e. The Morgan fingerprint density at radius 1 is 1.04 bits per heavy atom. The minimum atomic E-state index is -1.31. The first-order valence-electron chi connectivity index (χ1n) is 7.41. The van der Waals surface area contributed by atoms with E-state index in [1.54, 1.807) is 37.5 Å². The molecule has 0 aliphatic rings. The summed E-state index contributed by atoms with van der Waals surface area (Å²) in [6, 6.07) is 11.5. The molecule has 0 aliphatic heterocycles. The van der Waals surface area contributed by atoms with Crippen molar-refractivity contribution in [3.05, 3.63) is 59.7 Å².